The van der Waals surface area contributed by atoms with Crippen LogP contribution in [0, 0.1) is 5.92 Å². The largest absolute Gasteiger partial charge is 0.438 e. The van der Waals surface area contributed by atoms with Crippen LogP contribution in [0.25, 0.3) is 0 Å². The molecule has 0 unspecified atom stereocenters. The number of hydrogen-bond donors (Lipinski definition) is 1. The number of β-amino-alcohol motifs (C(OH)–C–C–N with tert-alkyl or cyclic N) is 1. The van der Waals surface area contributed by atoms with E-state index in [1.54, 1.807) is 12.1 Å². The highest BCUT2D eigenvalue weighted by atomic mass is 16.4. The van der Waals surface area contributed by atoms with E-state index < -0.39 is 0 Å². The van der Waals surface area contributed by atoms with Crippen molar-refractivity contribution in [3.8, 4) is 0 Å². The molecular formula is C11H15NO3. The molecule has 0 bridgehead atoms. The predicted octanol–water partition coefficient (Wildman–Crippen LogP) is 1.30. The number of furan rings is 1. The first kappa shape index (κ1) is 10.2. The molecule has 4 heteroatoms. The van der Waals surface area contributed by atoms with Gasteiger partial charge < -0.3 is 14.4 Å². The molecule has 4 nitrogen and oxygen atoms in total. The number of anilines is 1. The molecule has 1 fully saturated rings. The number of carbonyl (C=O) groups excluding carboxylic acids is 1. The third-order valence-electron chi connectivity index (χ3n) is 2.68. The molecule has 1 aliphatic heterocycles. The summed E-state index contributed by atoms with van der Waals surface area (Å²) in [5.74, 6) is 1.44. The molecule has 0 amide bonds. The van der Waals surface area contributed by atoms with E-state index >= 15 is 0 Å². The van der Waals surface area contributed by atoms with Gasteiger partial charge in [-0.15, -0.1) is 0 Å². The van der Waals surface area contributed by atoms with Crippen LogP contribution in [0.15, 0.2) is 16.5 Å². The van der Waals surface area contributed by atoms with E-state index in [0.717, 1.165) is 13.0 Å². The molecule has 82 valence electrons. The van der Waals surface area contributed by atoms with Crippen molar-refractivity contribution in [1.82, 2.24) is 0 Å². The Morgan fingerprint density at radius 2 is 2.33 bits per heavy atom. The van der Waals surface area contributed by atoms with Crippen LogP contribution in [-0.2, 0) is 0 Å². The van der Waals surface area contributed by atoms with Gasteiger partial charge in [0.1, 0.15) is 0 Å². The minimum absolute atomic E-state index is 0.307. The Bertz CT molecular complexity index is 337. The highest BCUT2D eigenvalue weighted by molar-refractivity contribution is 5.71. The van der Waals surface area contributed by atoms with Gasteiger partial charge in [0.15, 0.2) is 17.9 Å². The minimum Gasteiger partial charge on any atom is -0.438 e. The van der Waals surface area contributed by atoms with Gasteiger partial charge in [-0.25, -0.2) is 0 Å². The highest BCUT2D eigenvalue weighted by Gasteiger charge is 2.24. The van der Waals surface area contributed by atoms with Gasteiger partial charge in [-0.05, 0) is 18.4 Å². The number of piperidine rings is 1. The molecule has 0 saturated carbocycles. The number of aliphatic hydroxyl groups is 1. The Kier molecular flexibility index (Phi) is 2.77. The Balaban J connectivity index is 2.12. The Morgan fingerprint density at radius 3 is 2.93 bits per heavy atom. The lowest BCUT2D eigenvalue weighted by molar-refractivity contribution is 0.109. The van der Waals surface area contributed by atoms with E-state index in [-0.39, 0.29) is 6.10 Å². The minimum atomic E-state index is -0.307. The summed E-state index contributed by atoms with van der Waals surface area (Å²) in [6.45, 7) is 3.54. The molecule has 1 aliphatic rings. The lowest BCUT2D eigenvalue weighted by Crippen LogP contribution is -2.42. The van der Waals surface area contributed by atoms with Gasteiger partial charge in [-0.3, -0.25) is 4.79 Å². The van der Waals surface area contributed by atoms with E-state index in [1.807, 2.05) is 4.90 Å². The first-order valence-corrected chi connectivity index (χ1v) is 5.17. The molecule has 0 radical (unpaired) electrons. The molecule has 2 rings (SSSR count). The maximum Gasteiger partial charge on any atom is 0.196 e. The summed E-state index contributed by atoms with van der Waals surface area (Å²) in [4.78, 5) is 12.4. The molecule has 0 aliphatic carbocycles. The fourth-order valence-corrected chi connectivity index (χ4v) is 2.07. The monoisotopic (exact) mass is 209 g/mol. The summed E-state index contributed by atoms with van der Waals surface area (Å²) in [5, 5.41) is 9.62. The lowest BCUT2D eigenvalue weighted by atomic mass is 9.98. The summed E-state index contributed by atoms with van der Waals surface area (Å²) in [6, 6.07) is 3.42. The Hall–Kier alpha value is -1.29. The van der Waals surface area contributed by atoms with Crippen molar-refractivity contribution < 1.29 is 14.3 Å². The second-order valence-corrected chi connectivity index (χ2v) is 4.19. The van der Waals surface area contributed by atoms with Crippen LogP contribution in [0.1, 0.15) is 23.9 Å². The summed E-state index contributed by atoms with van der Waals surface area (Å²) < 4.78 is 5.32. The summed E-state index contributed by atoms with van der Waals surface area (Å²) in [7, 11) is 0. The van der Waals surface area contributed by atoms with Gasteiger partial charge in [0, 0.05) is 19.2 Å². The van der Waals surface area contributed by atoms with Crippen LogP contribution in [-0.4, -0.2) is 30.6 Å². The van der Waals surface area contributed by atoms with E-state index in [1.165, 1.54) is 0 Å². The normalized spacial score (nSPS) is 26.7. The van der Waals surface area contributed by atoms with Crippen LogP contribution in [0.3, 0.4) is 0 Å². The van der Waals surface area contributed by atoms with Crippen molar-refractivity contribution in [2.24, 2.45) is 5.92 Å². The molecule has 2 heterocycles. The van der Waals surface area contributed by atoms with Crippen molar-refractivity contribution in [2.75, 3.05) is 18.0 Å². The molecule has 0 aromatic carbocycles. The molecule has 15 heavy (non-hydrogen) atoms. The van der Waals surface area contributed by atoms with Crippen LogP contribution in [0.2, 0.25) is 0 Å². The second kappa shape index (κ2) is 4.06. The fraction of sp³-hybridized carbons (Fsp3) is 0.545. The predicted molar refractivity (Wildman–Crippen MR) is 56.1 cm³/mol. The van der Waals surface area contributed by atoms with Gasteiger partial charge in [0.25, 0.3) is 0 Å². The molecule has 1 N–H and O–H groups in total. The summed E-state index contributed by atoms with van der Waals surface area (Å²) >= 11 is 0. The van der Waals surface area contributed by atoms with Crippen molar-refractivity contribution in [3.63, 3.8) is 0 Å². The van der Waals surface area contributed by atoms with E-state index in [4.69, 9.17) is 4.42 Å². The molecule has 2 atom stereocenters. The topological polar surface area (TPSA) is 53.7 Å². The molecule has 0 spiro atoms. The first-order valence-electron chi connectivity index (χ1n) is 5.17. The lowest BCUT2D eigenvalue weighted by Gasteiger charge is -2.33. The van der Waals surface area contributed by atoms with Crippen molar-refractivity contribution in [2.45, 2.75) is 19.4 Å². The third-order valence-corrected chi connectivity index (χ3v) is 2.68. The zero-order valence-electron chi connectivity index (χ0n) is 8.72. The standard InChI is InChI=1S/C11H15NO3/c1-8-4-9(14)6-12(5-8)11-3-2-10(7-13)15-11/h2-3,7-9,14H,4-6H2,1H3/t8-,9+/m1/s1. The zero-order chi connectivity index (χ0) is 10.8. The second-order valence-electron chi connectivity index (χ2n) is 4.19. The van der Waals surface area contributed by atoms with Crippen LogP contribution in [0.5, 0.6) is 0 Å². The number of aliphatic hydroxyl groups excluding tert-OH is 1. The van der Waals surface area contributed by atoms with Crippen molar-refractivity contribution in [1.29, 1.82) is 0 Å². The smallest absolute Gasteiger partial charge is 0.196 e. The molecule has 1 aromatic heterocycles. The highest BCUT2D eigenvalue weighted by Crippen LogP contribution is 2.24. The van der Waals surface area contributed by atoms with Crippen LogP contribution in [0.4, 0.5) is 5.88 Å². The van der Waals surface area contributed by atoms with E-state index in [0.29, 0.717) is 30.4 Å². The van der Waals surface area contributed by atoms with Crippen LogP contribution < -0.4 is 4.90 Å². The maximum atomic E-state index is 10.5. The third kappa shape index (κ3) is 2.21. The number of hydrogen-bond acceptors (Lipinski definition) is 4. The van der Waals surface area contributed by atoms with Crippen molar-refractivity contribution in [3.05, 3.63) is 17.9 Å². The maximum absolute atomic E-state index is 10.5. The SMILES string of the molecule is C[C@@H]1C[C@H](O)CN(c2ccc(C=O)o2)C1. The molecule has 1 aromatic rings. The number of aldehydes is 1. The van der Waals surface area contributed by atoms with Crippen molar-refractivity contribution >= 4 is 12.2 Å². The Morgan fingerprint density at radius 1 is 1.53 bits per heavy atom. The van der Waals surface area contributed by atoms with Gasteiger partial charge >= 0.3 is 0 Å². The molecule has 1 saturated heterocycles. The zero-order valence-corrected chi connectivity index (χ0v) is 8.72. The average molecular weight is 209 g/mol. The van der Waals surface area contributed by atoms with Crippen LogP contribution >= 0.6 is 0 Å². The quantitative estimate of drug-likeness (QED) is 0.746. The van der Waals surface area contributed by atoms with E-state index in [9.17, 15) is 9.90 Å². The number of nitrogens with zero attached hydrogens (tertiary/aromatic N) is 1. The fourth-order valence-electron chi connectivity index (χ4n) is 2.07. The first-order chi connectivity index (χ1) is 7.19. The Labute approximate surface area is 88.5 Å². The number of rotatable bonds is 2. The van der Waals surface area contributed by atoms with Gasteiger partial charge in [-0.1, -0.05) is 6.92 Å². The van der Waals surface area contributed by atoms with Gasteiger partial charge in [0.2, 0.25) is 0 Å². The molecular weight excluding hydrogens is 194 g/mol. The average Bonchev–Trinajstić information content (AvgIpc) is 2.64. The number of carbonyl (C=O) groups is 1. The van der Waals surface area contributed by atoms with Gasteiger partial charge in [-0.2, -0.15) is 0 Å². The summed E-state index contributed by atoms with van der Waals surface area (Å²) in [5.41, 5.74) is 0. The van der Waals surface area contributed by atoms with E-state index in [2.05, 4.69) is 6.92 Å². The van der Waals surface area contributed by atoms with Gasteiger partial charge in [0.05, 0.1) is 6.10 Å². The summed E-state index contributed by atoms with van der Waals surface area (Å²) in [6.07, 6.45) is 1.21.